The van der Waals surface area contributed by atoms with Gasteiger partial charge in [-0.1, -0.05) is 31.4 Å². The molecule has 2 rings (SSSR count). The number of hydrogen-bond acceptors (Lipinski definition) is 3. The highest BCUT2D eigenvalue weighted by molar-refractivity contribution is 5.34. The van der Waals surface area contributed by atoms with Crippen molar-refractivity contribution >= 4 is 5.69 Å². The molecule has 0 bridgehead atoms. The smallest absolute Gasteiger partial charge is 0.269 e. The van der Waals surface area contributed by atoms with Crippen molar-refractivity contribution in [3.8, 4) is 0 Å². The molecule has 4 nitrogen and oxygen atoms in total. The highest BCUT2D eigenvalue weighted by Gasteiger charge is 2.28. The molecule has 104 valence electrons. The van der Waals surface area contributed by atoms with E-state index in [4.69, 9.17) is 0 Å². The number of nitrogens with one attached hydrogen (secondary N) is 1. The Bertz CT molecular complexity index is 436. The number of benzene rings is 1. The first-order valence-electron chi connectivity index (χ1n) is 7.02. The Kier molecular flexibility index (Phi) is 4.20. The molecular weight excluding hydrogens is 240 g/mol. The maximum Gasteiger partial charge on any atom is 0.269 e. The summed E-state index contributed by atoms with van der Waals surface area (Å²) in [4.78, 5) is 10.3. The Morgan fingerprint density at radius 2 is 1.79 bits per heavy atom. The van der Waals surface area contributed by atoms with Crippen molar-refractivity contribution in [1.29, 1.82) is 0 Å². The molecular formula is C15H22N2O2. The summed E-state index contributed by atoms with van der Waals surface area (Å²) in [6, 6.07) is 7.08. The van der Waals surface area contributed by atoms with Gasteiger partial charge in [0.05, 0.1) is 4.92 Å². The van der Waals surface area contributed by atoms with Crippen LogP contribution in [0.5, 0.6) is 0 Å². The van der Waals surface area contributed by atoms with E-state index in [9.17, 15) is 10.1 Å². The van der Waals surface area contributed by atoms with E-state index in [1.807, 2.05) is 12.1 Å². The van der Waals surface area contributed by atoms with Crippen LogP contribution in [0.1, 0.15) is 57.6 Å². The van der Waals surface area contributed by atoms with Crippen LogP contribution < -0.4 is 5.32 Å². The Morgan fingerprint density at radius 3 is 2.32 bits per heavy atom. The third-order valence-electron chi connectivity index (χ3n) is 4.13. The minimum Gasteiger partial charge on any atom is -0.305 e. The number of non-ortho nitro benzene ring substituents is 1. The summed E-state index contributed by atoms with van der Waals surface area (Å²) in [5.74, 6) is 0. The van der Waals surface area contributed by atoms with E-state index in [0.717, 1.165) is 5.56 Å². The second kappa shape index (κ2) is 5.70. The van der Waals surface area contributed by atoms with E-state index in [2.05, 4.69) is 19.2 Å². The maximum absolute atomic E-state index is 10.6. The molecule has 4 heteroatoms. The van der Waals surface area contributed by atoms with Crippen LogP contribution >= 0.6 is 0 Å². The first-order valence-corrected chi connectivity index (χ1v) is 7.02. The van der Waals surface area contributed by atoms with E-state index < -0.39 is 0 Å². The zero-order valence-electron chi connectivity index (χ0n) is 11.7. The lowest BCUT2D eigenvalue weighted by Gasteiger charge is -2.37. The fraction of sp³-hybridized carbons (Fsp3) is 0.600. The first kappa shape index (κ1) is 14.0. The Balaban J connectivity index is 2.02. The lowest BCUT2D eigenvalue weighted by atomic mass is 9.82. The van der Waals surface area contributed by atoms with E-state index in [1.165, 1.54) is 32.1 Å². The number of nitro benzene ring substituents is 1. The quantitative estimate of drug-likeness (QED) is 0.660. The third kappa shape index (κ3) is 3.53. The summed E-state index contributed by atoms with van der Waals surface area (Å²) in [7, 11) is 0. The molecule has 1 aromatic carbocycles. The summed E-state index contributed by atoms with van der Waals surface area (Å²) in [5, 5.41) is 14.3. The Hall–Kier alpha value is -1.42. The molecule has 1 aliphatic carbocycles. The minimum atomic E-state index is -0.357. The van der Waals surface area contributed by atoms with Crippen LogP contribution in [-0.2, 0) is 0 Å². The highest BCUT2D eigenvalue weighted by atomic mass is 16.6. The number of hydrogen-bond donors (Lipinski definition) is 1. The third-order valence-corrected chi connectivity index (χ3v) is 4.13. The van der Waals surface area contributed by atoms with Gasteiger partial charge in [0.2, 0.25) is 0 Å². The first-order chi connectivity index (χ1) is 9.00. The van der Waals surface area contributed by atoms with Crippen molar-refractivity contribution in [3.63, 3.8) is 0 Å². The zero-order valence-corrected chi connectivity index (χ0v) is 11.7. The normalized spacial score (nSPS) is 19.9. The second-order valence-electron chi connectivity index (χ2n) is 5.84. The van der Waals surface area contributed by atoms with Gasteiger partial charge in [0.1, 0.15) is 0 Å². The average Bonchev–Trinajstić information content (AvgIpc) is 2.39. The molecule has 1 aromatic rings. The van der Waals surface area contributed by atoms with E-state index >= 15 is 0 Å². The van der Waals surface area contributed by atoms with Gasteiger partial charge in [-0.25, -0.2) is 0 Å². The van der Waals surface area contributed by atoms with Crippen LogP contribution in [-0.4, -0.2) is 10.5 Å². The summed E-state index contributed by atoms with van der Waals surface area (Å²) < 4.78 is 0. The Labute approximate surface area is 114 Å². The molecule has 19 heavy (non-hydrogen) atoms. The van der Waals surface area contributed by atoms with Crippen molar-refractivity contribution < 1.29 is 4.92 Å². The molecule has 0 radical (unpaired) electrons. The van der Waals surface area contributed by atoms with Crippen molar-refractivity contribution in [2.45, 2.75) is 57.5 Å². The van der Waals surface area contributed by atoms with E-state index in [1.54, 1.807) is 12.1 Å². The van der Waals surface area contributed by atoms with E-state index in [-0.39, 0.29) is 22.2 Å². The summed E-state index contributed by atoms with van der Waals surface area (Å²) in [6.45, 7) is 4.41. The van der Waals surface area contributed by atoms with Crippen LogP contribution in [0.3, 0.4) is 0 Å². The number of nitro groups is 1. The predicted octanol–water partition coefficient (Wildman–Crippen LogP) is 3.97. The van der Waals surface area contributed by atoms with Crippen molar-refractivity contribution in [2.75, 3.05) is 0 Å². The molecule has 1 unspecified atom stereocenters. The van der Waals surface area contributed by atoms with Gasteiger partial charge < -0.3 is 5.32 Å². The molecule has 0 amide bonds. The second-order valence-corrected chi connectivity index (χ2v) is 5.84. The molecule has 0 spiro atoms. The molecule has 1 fully saturated rings. The van der Waals surface area contributed by atoms with Gasteiger partial charge >= 0.3 is 0 Å². The highest BCUT2D eigenvalue weighted by Crippen LogP contribution is 2.30. The average molecular weight is 262 g/mol. The van der Waals surface area contributed by atoms with Crippen LogP contribution in [0.4, 0.5) is 5.69 Å². The molecule has 0 heterocycles. The molecule has 1 N–H and O–H groups in total. The van der Waals surface area contributed by atoms with Crippen LogP contribution in [0, 0.1) is 10.1 Å². The van der Waals surface area contributed by atoms with Gasteiger partial charge in [0.25, 0.3) is 5.69 Å². The summed E-state index contributed by atoms with van der Waals surface area (Å²) in [6.07, 6.45) is 6.34. The topological polar surface area (TPSA) is 55.2 Å². The molecule has 0 aliphatic heterocycles. The lowest BCUT2D eigenvalue weighted by Crippen LogP contribution is -2.45. The lowest BCUT2D eigenvalue weighted by molar-refractivity contribution is -0.384. The number of nitrogens with zero attached hydrogens (tertiary/aromatic N) is 1. The van der Waals surface area contributed by atoms with Gasteiger partial charge in [-0.05, 0) is 32.3 Å². The molecule has 1 aliphatic rings. The SMILES string of the molecule is CC(NC1(C)CCCCC1)c1ccc([N+](=O)[O-])cc1. The van der Waals surface area contributed by atoms with Gasteiger partial charge in [0, 0.05) is 23.7 Å². The fourth-order valence-corrected chi connectivity index (χ4v) is 2.97. The zero-order chi connectivity index (χ0) is 13.9. The maximum atomic E-state index is 10.6. The van der Waals surface area contributed by atoms with Crippen molar-refractivity contribution in [2.24, 2.45) is 0 Å². The Morgan fingerprint density at radius 1 is 1.21 bits per heavy atom. The fourth-order valence-electron chi connectivity index (χ4n) is 2.97. The van der Waals surface area contributed by atoms with Crippen molar-refractivity contribution in [3.05, 3.63) is 39.9 Å². The molecule has 1 saturated carbocycles. The van der Waals surface area contributed by atoms with Crippen LogP contribution in [0.15, 0.2) is 24.3 Å². The van der Waals surface area contributed by atoms with Crippen molar-refractivity contribution in [1.82, 2.24) is 5.32 Å². The van der Waals surface area contributed by atoms with Gasteiger partial charge in [-0.2, -0.15) is 0 Å². The number of rotatable bonds is 4. The monoisotopic (exact) mass is 262 g/mol. The minimum absolute atomic E-state index is 0.153. The largest absolute Gasteiger partial charge is 0.305 e. The van der Waals surface area contributed by atoms with E-state index in [0.29, 0.717) is 0 Å². The van der Waals surface area contributed by atoms with Crippen LogP contribution in [0.25, 0.3) is 0 Å². The van der Waals surface area contributed by atoms with Gasteiger partial charge in [0.15, 0.2) is 0 Å². The molecule has 1 atom stereocenters. The van der Waals surface area contributed by atoms with Gasteiger partial charge in [-0.3, -0.25) is 10.1 Å². The van der Waals surface area contributed by atoms with Crippen LogP contribution in [0.2, 0.25) is 0 Å². The molecule has 0 aromatic heterocycles. The summed E-state index contributed by atoms with van der Waals surface area (Å²) in [5.41, 5.74) is 1.47. The predicted molar refractivity (Wildman–Crippen MR) is 76.1 cm³/mol. The van der Waals surface area contributed by atoms with Gasteiger partial charge in [-0.15, -0.1) is 0 Å². The summed E-state index contributed by atoms with van der Waals surface area (Å²) >= 11 is 0. The standard InChI is InChI=1S/C15H22N2O2/c1-12(16-15(2)10-4-3-5-11-15)13-6-8-14(9-7-13)17(18)19/h6-9,12,16H,3-5,10-11H2,1-2H3. The molecule has 0 saturated heterocycles.